The molecule has 0 aliphatic carbocycles. The molecule has 156 valence electrons. The minimum atomic E-state index is -0.486. The number of aryl methyl sites for hydroxylation is 3. The van der Waals surface area contributed by atoms with Crippen molar-refractivity contribution in [1.82, 2.24) is 9.88 Å². The minimum Gasteiger partial charge on any atom is -0.318 e. The van der Waals surface area contributed by atoms with E-state index in [0.29, 0.717) is 5.69 Å². The lowest BCUT2D eigenvalue weighted by Gasteiger charge is -2.30. The van der Waals surface area contributed by atoms with Crippen molar-refractivity contribution in [1.29, 1.82) is 0 Å². The average molecular weight is 430 g/mol. The third-order valence-corrected chi connectivity index (χ3v) is 5.80. The summed E-state index contributed by atoms with van der Waals surface area (Å²) in [4.78, 5) is 27.4. The number of para-hydroxylation sites is 1. The lowest BCUT2D eigenvalue weighted by atomic mass is 10.1. The Balaban J connectivity index is 1.77. The van der Waals surface area contributed by atoms with Crippen LogP contribution in [-0.2, 0) is 9.59 Å². The molecule has 0 spiro atoms. The zero-order valence-corrected chi connectivity index (χ0v) is 18.7. The summed E-state index contributed by atoms with van der Waals surface area (Å²) in [7, 11) is 0. The molecule has 0 unspecified atom stereocenters. The maximum Gasteiger partial charge on any atom is 0.270 e. The van der Waals surface area contributed by atoms with Gasteiger partial charge in [-0.05, 0) is 81.4 Å². The molecule has 6 heteroatoms. The van der Waals surface area contributed by atoms with Gasteiger partial charge in [0.05, 0.1) is 5.69 Å². The topological polar surface area (TPSA) is 54.3 Å². The van der Waals surface area contributed by atoms with Crippen molar-refractivity contribution >= 4 is 40.9 Å². The van der Waals surface area contributed by atoms with E-state index in [1.165, 1.54) is 10.5 Å². The van der Waals surface area contributed by atoms with Crippen LogP contribution in [0.5, 0.6) is 0 Å². The SMILES string of the molecule is Cc1ccc(-n2c(C)cc(/C=C3/C(=O)NC(=S)N(c4ccccc4C)C3=O)c2C)cc1. The van der Waals surface area contributed by atoms with Crippen molar-refractivity contribution in [3.63, 3.8) is 0 Å². The van der Waals surface area contributed by atoms with E-state index in [9.17, 15) is 9.59 Å². The van der Waals surface area contributed by atoms with E-state index in [-0.39, 0.29) is 10.7 Å². The van der Waals surface area contributed by atoms with Crippen LogP contribution in [0.1, 0.15) is 28.1 Å². The number of nitrogens with one attached hydrogen (secondary N) is 1. The van der Waals surface area contributed by atoms with Crippen LogP contribution in [0.25, 0.3) is 11.8 Å². The van der Waals surface area contributed by atoms with Gasteiger partial charge < -0.3 is 4.57 Å². The van der Waals surface area contributed by atoms with E-state index in [1.807, 2.05) is 58.0 Å². The van der Waals surface area contributed by atoms with Crippen LogP contribution in [0.3, 0.4) is 0 Å². The Hall–Kier alpha value is -3.51. The fraction of sp³-hybridized carbons (Fsp3) is 0.160. The smallest absolute Gasteiger partial charge is 0.270 e. The predicted molar refractivity (Wildman–Crippen MR) is 127 cm³/mol. The Labute approximate surface area is 187 Å². The van der Waals surface area contributed by atoms with Crippen molar-refractivity contribution < 1.29 is 9.59 Å². The van der Waals surface area contributed by atoms with E-state index in [1.54, 1.807) is 6.08 Å². The second-order valence-electron chi connectivity index (χ2n) is 7.74. The van der Waals surface area contributed by atoms with Gasteiger partial charge in [-0.2, -0.15) is 0 Å². The van der Waals surface area contributed by atoms with Gasteiger partial charge in [-0.25, -0.2) is 0 Å². The lowest BCUT2D eigenvalue weighted by Crippen LogP contribution is -2.54. The Bertz CT molecular complexity index is 1250. The molecule has 1 N–H and O–H groups in total. The first-order valence-electron chi connectivity index (χ1n) is 10.0. The summed E-state index contributed by atoms with van der Waals surface area (Å²) in [5.41, 5.74) is 6.61. The number of rotatable bonds is 3. The highest BCUT2D eigenvalue weighted by molar-refractivity contribution is 7.80. The summed E-state index contributed by atoms with van der Waals surface area (Å²) in [5, 5.41) is 2.75. The van der Waals surface area contributed by atoms with Gasteiger partial charge in [0.2, 0.25) is 0 Å². The first-order valence-corrected chi connectivity index (χ1v) is 10.4. The minimum absolute atomic E-state index is 0.0565. The maximum atomic E-state index is 13.3. The van der Waals surface area contributed by atoms with E-state index in [2.05, 4.69) is 34.1 Å². The van der Waals surface area contributed by atoms with Gasteiger partial charge in [0.25, 0.3) is 11.8 Å². The van der Waals surface area contributed by atoms with Crippen molar-refractivity contribution in [2.24, 2.45) is 0 Å². The molecular formula is C25H23N3O2S. The second kappa shape index (κ2) is 7.96. The molecule has 1 saturated heterocycles. The second-order valence-corrected chi connectivity index (χ2v) is 8.13. The van der Waals surface area contributed by atoms with Gasteiger partial charge in [-0.15, -0.1) is 0 Å². The van der Waals surface area contributed by atoms with Gasteiger partial charge in [0.1, 0.15) is 5.57 Å². The first kappa shape index (κ1) is 20.8. The van der Waals surface area contributed by atoms with Crippen molar-refractivity contribution in [2.45, 2.75) is 27.7 Å². The van der Waals surface area contributed by atoms with Crippen LogP contribution in [0.2, 0.25) is 0 Å². The molecule has 0 radical (unpaired) electrons. The highest BCUT2D eigenvalue weighted by atomic mass is 32.1. The Kier molecular flexibility index (Phi) is 5.33. The molecule has 3 aromatic rings. The number of nitrogens with zero attached hydrogens (tertiary/aromatic N) is 2. The predicted octanol–water partition coefficient (Wildman–Crippen LogP) is 4.54. The van der Waals surface area contributed by atoms with Crippen LogP contribution in [0.4, 0.5) is 5.69 Å². The molecule has 2 heterocycles. The quantitative estimate of drug-likeness (QED) is 0.378. The average Bonchev–Trinajstić information content (AvgIpc) is 3.00. The fourth-order valence-corrected chi connectivity index (χ4v) is 4.14. The van der Waals surface area contributed by atoms with Crippen LogP contribution in [0.15, 0.2) is 60.2 Å². The number of anilines is 1. The molecule has 1 fully saturated rings. The Morgan fingerprint density at radius 1 is 0.935 bits per heavy atom. The number of hydrogen-bond acceptors (Lipinski definition) is 3. The number of carbonyl (C=O) groups excluding carboxylic acids is 2. The van der Waals surface area contributed by atoms with Crippen LogP contribution >= 0.6 is 12.2 Å². The van der Waals surface area contributed by atoms with Crippen molar-refractivity contribution in [2.75, 3.05) is 4.90 Å². The number of carbonyl (C=O) groups is 2. The molecule has 0 saturated carbocycles. The van der Waals surface area contributed by atoms with E-state index >= 15 is 0 Å². The number of aromatic nitrogens is 1. The highest BCUT2D eigenvalue weighted by Gasteiger charge is 2.35. The van der Waals surface area contributed by atoms with Crippen LogP contribution in [-0.4, -0.2) is 21.5 Å². The summed E-state index contributed by atoms with van der Waals surface area (Å²) in [5.74, 6) is -0.914. The molecule has 0 atom stereocenters. The molecular weight excluding hydrogens is 406 g/mol. The van der Waals surface area contributed by atoms with Crippen LogP contribution in [0, 0.1) is 27.7 Å². The molecule has 4 rings (SSSR count). The van der Waals surface area contributed by atoms with Crippen molar-refractivity contribution in [3.8, 4) is 5.69 Å². The summed E-state index contributed by atoms with van der Waals surface area (Å²) >= 11 is 5.31. The third kappa shape index (κ3) is 3.70. The van der Waals surface area contributed by atoms with Gasteiger partial charge in [0, 0.05) is 17.1 Å². The highest BCUT2D eigenvalue weighted by Crippen LogP contribution is 2.27. The maximum absolute atomic E-state index is 13.3. The lowest BCUT2D eigenvalue weighted by molar-refractivity contribution is -0.122. The molecule has 1 aliphatic heterocycles. The summed E-state index contributed by atoms with van der Waals surface area (Å²) in [6.45, 7) is 7.94. The monoisotopic (exact) mass is 429 g/mol. The van der Waals surface area contributed by atoms with Gasteiger partial charge in [-0.3, -0.25) is 19.8 Å². The van der Waals surface area contributed by atoms with E-state index < -0.39 is 11.8 Å². The number of hydrogen-bond donors (Lipinski definition) is 1. The zero-order chi connectivity index (χ0) is 22.3. The number of benzene rings is 2. The molecule has 31 heavy (non-hydrogen) atoms. The van der Waals surface area contributed by atoms with Gasteiger partial charge >= 0.3 is 0 Å². The molecule has 5 nitrogen and oxygen atoms in total. The summed E-state index contributed by atoms with van der Waals surface area (Å²) in [6, 6.07) is 17.7. The zero-order valence-electron chi connectivity index (χ0n) is 17.9. The van der Waals surface area contributed by atoms with Gasteiger partial charge in [0.15, 0.2) is 5.11 Å². The number of amides is 2. The van der Waals surface area contributed by atoms with Crippen molar-refractivity contribution in [3.05, 3.63) is 88.2 Å². The standard InChI is InChI=1S/C25H23N3O2S/c1-15-9-11-20(12-10-15)27-17(3)13-19(18(27)4)14-21-23(29)26-25(31)28(24(21)30)22-8-6-5-7-16(22)2/h5-14H,1-4H3,(H,26,29,31)/b21-14-. The Morgan fingerprint density at radius 3 is 2.29 bits per heavy atom. The first-order chi connectivity index (χ1) is 14.8. The summed E-state index contributed by atoms with van der Waals surface area (Å²) < 4.78 is 2.11. The largest absolute Gasteiger partial charge is 0.318 e. The molecule has 1 aliphatic rings. The Morgan fingerprint density at radius 2 is 1.61 bits per heavy atom. The fourth-order valence-electron chi connectivity index (χ4n) is 3.87. The van der Waals surface area contributed by atoms with Gasteiger partial charge in [-0.1, -0.05) is 35.9 Å². The normalized spacial score (nSPS) is 15.5. The third-order valence-electron chi connectivity index (χ3n) is 5.52. The summed E-state index contributed by atoms with van der Waals surface area (Å²) in [6.07, 6.45) is 1.65. The van der Waals surface area contributed by atoms with E-state index in [0.717, 1.165) is 28.2 Å². The van der Waals surface area contributed by atoms with E-state index in [4.69, 9.17) is 12.2 Å². The molecule has 2 amide bonds. The number of thiocarbonyl (C=S) groups is 1. The van der Waals surface area contributed by atoms with Crippen LogP contribution < -0.4 is 10.2 Å². The molecule has 1 aromatic heterocycles. The molecule has 0 bridgehead atoms. The molecule has 2 aromatic carbocycles.